The monoisotopic (exact) mass is 295 g/mol. The van der Waals surface area contributed by atoms with E-state index in [0.29, 0.717) is 11.3 Å². The molecular formula is C13H13NO5S. The van der Waals surface area contributed by atoms with Crippen molar-refractivity contribution in [1.82, 2.24) is 4.98 Å². The van der Waals surface area contributed by atoms with Gasteiger partial charge in [0.05, 0.1) is 35.9 Å². The minimum atomic E-state index is -1.53. The number of carbonyl (C=O) groups excluding carboxylic acids is 1. The van der Waals surface area contributed by atoms with Gasteiger partial charge >= 0.3 is 5.97 Å². The van der Waals surface area contributed by atoms with Gasteiger partial charge in [0.15, 0.2) is 0 Å². The SMILES string of the molecule is COC(=O)c1c(S(C)=O)[nH]c2cccc(OC)c2c1=O. The number of H-pyrrole nitrogens is 1. The molecule has 1 unspecified atom stereocenters. The van der Waals surface area contributed by atoms with Crippen LogP contribution < -0.4 is 10.2 Å². The van der Waals surface area contributed by atoms with E-state index in [4.69, 9.17) is 4.74 Å². The number of carbonyl (C=O) groups is 1. The summed E-state index contributed by atoms with van der Waals surface area (Å²) in [6.07, 6.45) is 1.38. The number of hydrogen-bond acceptors (Lipinski definition) is 5. The Hall–Kier alpha value is -2.15. The van der Waals surface area contributed by atoms with Gasteiger partial charge in [-0.15, -0.1) is 0 Å². The Kier molecular flexibility index (Phi) is 3.89. The third kappa shape index (κ3) is 2.20. The Morgan fingerprint density at radius 3 is 2.55 bits per heavy atom. The minimum absolute atomic E-state index is 0.0441. The van der Waals surface area contributed by atoms with E-state index in [2.05, 4.69) is 9.72 Å². The fourth-order valence-electron chi connectivity index (χ4n) is 1.96. The van der Waals surface area contributed by atoms with Crippen LogP contribution in [0.3, 0.4) is 0 Å². The molecular weight excluding hydrogens is 282 g/mol. The van der Waals surface area contributed by atoms with Gasteiger partial charge in [-0.1, -0.05) is 6.07 Å². The van der Waals surface area contributed by atoms with Gasteiger partial charge in [-0.05, 0) is 12.1 Å². The molecule has 1 aromatic carbocycles. The molecule has 0 saturated carbocycles. The average Bonchev–Trinajstić information content (AvgIpc) is 2.45. The lowest BCUT2D eigenvalue weighted by atomic mass is 10.1. The molecule has 0 spiro atoms. The number of pyridine rings is 1. The smallest absolute Gasteiger partial charge is 0.344 e. The Bertz CT molecular complexity index is 765. The van der Waals surface area contributed by atoms with Gasteiger partial charge in [-0.3, -0.25) is 9.00 Å². The Labute approximate surface area is 117 Å². The highest BCUT2D eigenvalue weighted by atomic mass is 32.2. The molecule has 1 atom stereocenters. The van der Waals surface area contributed by atoms with Crippen molar-refractivity contribution in [3.8, 4) is 5.75 Å². The quantitative estimate of drug-likeness (QED) is 0.856. The van der Waals surface area contributed by atoms with Crippen LogP contribution in [0.2, 0.25) is 0 Å². The van der Waals surface area contributed by atoms with Crippen LogP contribution in [0.1, 0.15) is 10.4 Å². The predicted octanol–water partition coefficient (Wildman–Crippen LogP) is 1.06. The molecule has 2 aromatic rings. The van der Waals surface area contributed by atoms with Crippen molar-refractivity contribution < 1.29 is 18.5 Å². The third-order valence-corrected chi connectivity index (χ3v) is 3.73. The molecule has 20 heavy (non-hydrogen) atoms. The molecule has 0 aliphatic rings. The van der Waals surface area contributed by atoms with Crippen LogP contribution >= 0.6 is 0 Å². The molecule has 1 heterocycles. The topological polar surface area (TPSA) is 85.5 Å². The van der Waals surface area contributed by atoms with Gasteiger partial charge in [-0.25, -0.2) is 4.79 Å². The van der Waals surface area contributed by atoms with E-state index in [0.717, 1.165) is 7.11 Å². The lowest BCUT2D eigenvalue weighted by Crippen LogP contribution is -2.21. The number of aromatic nitrogens is 1. The second-order valence-corrected chi connectivity index (χ2v) is 5.30. The number of rotatable bonds is 3. The number of ether oxygens (including phenoxy) is 2. The minimum Gasteiger partial charge on any atom is -0.496 e. The van der Waals surface area contributed by atoms with Gasteiger partial charge < -0.3 is 14.5 Å². The van der Waals surface area contributed by atoms with E-state index in [1.54, 1.807) is 18.2 Å². The lowest BCUT2D eigenvalue weighted by molar-refractivity contribution is 0.0594. The zero-order valence-corrected chi connectivity index (χ0v) is 12.0. The van der Waals surface area contributed by atoms with Crippen LogP contribution in [0.4, 0.5) is 0 Å². The highest BCUT2D eigenvalue weighted by molar-refractivity contribution is 7.84. The molecule has 7 heteroatoms. The zero-order chi connectivity index (χ0) is 14.9. The second kappa shape index (κ2) is 5.46. The first-order valence-electron chi connectivity index (χ1n) is 5.66. The van der Waals surface area contributed by atoms with E-state index in [1.165, 1.54) is 13.4 Å². The van der Waals surface area contributed by atoms with Gasteiger partial charge in [0.2, 0.25) is 5.43 Å². The summed E-state index contributed by atoms with van der Waals surface area (Å²) in [5.41, 5.74) is -0.370. The normalized spacial score (nSPS) is 12.2. The second-order valence-electron chi connectivity index (χ2n) is 3.99. The zero-order valence-electron chi connectivity index (χ0n) is 11.2. The lowest BCUT2D eigenvalue weighted by Gasteiger charge is -2.10. The molecule has 1 N–H and O–H groups in total. The first kappa shape index (κ1) is 14.3. The summed E-state index contributed by atoms with van der Waals surface area (Å²) in [6, 6.07) is 4.95. The molecule has 0 fully saturated rings. The first-order chi connectivity index (χ1) is 9.51. The fraction of sp³-hybridized carbons (Fsp3) is 0.231. The maximum Gasteiger partial charge on any atom is 0.344 e. The third-order valence-electron chi connectivity index (χ3n) is 2.85. The Morgan fingerprint density at radius 2 is 2.00 bits per heavy atom. The molecule has 106 valence electrons. The fourth-order valence-corrected chi connectivity index (χ4v) is 2.67. The highest BCUT2D eigenvalue weighted by Gasteiger charge is 2.23. The van der Waals surface area contributed by atoms with Crippen molar-refractivity contribution in [2.45, 2.75) is 5.03 Å². The summed E-state index contributed by atoms with van der Waals surface area (Å²) in [4.78, 5) is 27.1. The number of fused-ring (bicyclic) bond motifs is 1. The van der Waals surface area contributed by atoms with Crippen molar-refractivity contribution in [2.75, 3.05) is 20.5 Å². The summed E-state index contributed by atoms with van der Waals surface area (Å²) >= 11 is 0. The van der Waals surface area contributed by atoms with Gasteiger partial charge in [0.1, 0.15) is 16.3 Å². The number of aromatic amines is 1. The van der Waals surface area contributed by atoms with Crippen LogP contribution in [0.5, 0.6) is 5.75 Å². The summed E-state index contributed by atoms with van der Waals surface area (Å²) in [5, 5.41) is 0.271. The maximum atomic E-state index is 12.5. The van der Waals surface area contributed by atoms with E-state index in [-0.39, 0.29) is 16.0 Å². The summed E-state index contributed by atoms with van der Waals surface area (Å²) in [6.45, 7) is 0. The Balaban J connectivity index is 2.98. The van der Waals surface area contributed by atoms with Crippen molar-refractivity contribution in [2.24, 2.45) is 0 Å². The molecule has 0 amide bonds. The number of methoxy groups -OCH3 is 2. The van der Waals surface area contributed by atoms with E-state index >= 15 is 0 Å². The first-order valence-corrected chi connectivity index (χ1v) is 7.21. The van der Waals surface area contributed by atoms with Gasteiger partial charge in [-0.2, -0.15) is 0 Å². The van der Waals surface area contributed by atoms with Gasteiger partial charge in [0.25, 0.3) is 0 Å². The molecule has 1 aromatic heterocycles. The standard InChI is InChI=1S/C13H13NO5S/c1-18-8-6-4-5-7-9(8)11(15)10(13(16)19-2)12(14-7)20(3)17/h4-6H,1-3H3,(H,14,15). The highest BCUT2D eigenvalue weighted by Crippen LogP contribution is 2.23. The van der Waals surface area contributed by atoms with Gasteiger partial charge in [0, 0.05) is 6.26 Å². The average molecular weight is 295 g/mol. The maximum absolute atomic E-state index is 12.5. The molecule has 6 nitrogen and oxygen atoms in total. The van der Waals surface area contributed by atoms with Crippen molar-refractivity contribution in [3.63, 3.8) is 0 Å². The van der Waals surface area contributed by atoms with Crippen molar-refractivity contribution >= 4 is 27.7 Å². The van der Waals surface area contributed by atoms with Crippen LogP contribution in [-0.4, -0.2) is 35.6 Å². The summed E-state index contributed by atoms with van der Waals surface area (Å²) in [5.74, 6) is -0.494. The van der Waals surface area contributed by atoms with E-state index in [1.807, 2.05) is 0 Å². The van der Waals surface area contributed by atoms with E-state index in [9.17, 15) is 13.8 Å². The molecule has 0 bridgehead atoms. The van der Waals surface area contributed by atoms with Crippen LogP contribution in [-0.2, 0) is 15.5 Å². The molecule has 0 aliphatic heterocycles. The van der Waals surface area contributed by atoms with Crippen molar-refractivity contribution in [1.29, 1.82) is 0 Å². The Morgan fingerprint density at radius 1 is 1.30 bits per heavy atom. The number of nitrogens with one attached hydrogen (secondary N) is 1. The predicted molar refractivity (Wildman–Crippen MR) is 74.8 cm³/mol. The largest absolute Gasteiger partial charge is 0.496 e. The summed E-state index contributed by atoms with van der Waals surface area (Å²) in [7, 11) is 1.06. The van der Waals surface area contributed by atoms with Crippen LogP contribution in [0.25, 0.3) is 10.9 Å². The molecule has 2 rings (SSSR count). The van der Waals surface area contributed by atoms with Crippen LogP contribution in [0, 0.1) is 0 Å². The number of esters is 1. The van der Waals surface area contributed by atoms with Crippen LogP contribution in [0.15, 0.2) is 28.0 Å². The molecule has 0 radical (unpaired) electrons. The molecule has 0 aliphatic carbocycles. The van der Waals surface area contributed by atoms with Crippen molar-refractivity contribution in [3.05, 3.63) is 34.0 Å². The number of benzene rings is 1. The molecule has 0 saturated heterocycles. The van der Waals surface area contributed by atoms with E-state index < -0.39 is 22.2 Å². The summed E-state index contributed by atoms with van der Waals surface area (Å²) < 4.78 is 21.5. The number of hydrogen-bond donors (Lipinski definition) is 1.